The largest absolute Gasteiger partial charge is 0.507 e. The smallest absolute Gasteiger partial charge is 0.302 e. The molecule has 30 heavy (non-hydrogen) atoms. The van der Waals surface area contributed by atoms with Crippen LogP contribution in [0.2, 0.25) is 5.02 Å². The number of nitrogens with zero attached hydrogens (tertiary/aromatic N) is 2. The molecular formula is C22H14ClN3O3S. The predicted octanol–water partition coefficient (Wildman–Crippen LogP) is 4.90. The summed E-state index contributed by atoms with van der Waals surface area (Å²) < 4.78 is 0. The zero-order valence-electron chi connectivity index (χ0n) is 15.4. The summed E-state index contributed by atoms with van der Waals surface area (Å²) in [4.78, 5) is 35.7. The molecule has 5 rings (SSSR count). The van der Waals surface area contributed by atoms with Crippen LogP contribution in [0.15, 0.2) is 71.6 Å². The Kier molecular flexibility index (Phi) is 4.42. The highest BCUT2D eigenvalue weighted by Crippen LogP contribution is 2.43. The monoisotopic (exact) mass is 435 g/mol. The van der Waals surface area contributed by atoms with Crippen molar-refractivity contribution in [3.63, 3.8) is 0 Å². The van der Waals surface area contributed by atoms with Gasteiger partial charge >= 0.3 is 5.91 Å². The fourth-order valence-electron chi connectivity index (χ4n) is 3.61. The molecule has 2 aromatic carbocycles. The second kappa shape index (κ2) is 7.12. The van der Waals surface area contributed by atoms with Gasteiger partial charge in [0.15, 0.2) is 0 Å². The molecule has 148 valence electrons. The molecule has 4 aromatic rings. The third kappa shape index (κ3) is 2.91. The number of thiophene rings is 1. The molecule has 1 unspecified atom stereocenters. The molecular weight excluding hydrogens is 422 g/mol. The third-order valence-electron chi connectivity index (χ3n) is 4.96. The molecule has 0 saturated carbocycles. The van der Waals surface area contributed by atoms with E-state index >= 15 is 0 Å². The quantitative estimate of drug-likeness (QED) is 0.272. The van der Waals surface area contributed by atoms with E-state index in [1.54, 1.807) is 24.3 Å². The number of anilines is 1. The van der Waals surface area contributed by atoms with E-state index in [9.17, 15) is 14.7 Å². The van der Waals surface area contributed by atoms with Crippen LogP contribution in [-0.2, 0) is 9.59 Å². The van der Waals surface area contributed by atoms with E-state index in [2.05, 4.69) is 9.97 Å². The number of Topliss-reactive ketones (excluding diaryl/α,β-unsaturated/α-hetero) is 1. The van der Waals surface area contributed by atoms with Crippen LogP contribution in [-0.4, -0.2) is 26.8 Å². The Hall–Kier alpha value is -3.42. The van der Waals surface area contributed by atoms with Gasteiger partial charge in [-0.25, -0.2) is 4.98 Å². The van der Waals surface area contributed by atoms with Crippen molar-refractivity contribution >= 4 is 57.4 Å². The molecule has 0 aliphatic carbocycles. The van der Waals surface area contributed by atoms with Crippen molar-refractivity contribution in [2.24, 2.45) is 0 Å². The van der Waals surface area contributed by atoms with Gasteiger partial charge in [-0.05, 0) is 35.7 Å². The molecule has 3 heterocycles. The number of ketones is 1. The zero-order valence-corrected chi connectivity index (χ0v) is 16.9. The van der Waals surface area contributed by atoms with Crippen LogP contribution in [0.5, 0.6) is 0 Å². The van der Waals surface area contributed by atoms with Crippen LogP contribution in [0.1, 0.15) is 16.5 Å². The van der Waals surface area contributed by atoms with Crippen molar-refractivity contribution in [1.82, 2.24) is 9.97 Å². The highest BCUT2D eigenvalue weighted by Gasteiger charge is 2.48. The first-order chi connectivity index (χ1) is 14.5. The summed E-state index contributed by atoms with van der Waals surface area (Å²) in [6.45, 7) is 0. The molecule has 2 N–H and O–H groups in total. The number of nitrogens with one attached hydrogen (secondary N) is 1. The van der Waals surface area contributed by atoms with Crippen molar-refractivity contribution in [1.29, 1.82) is 0 Å². The standard InChI is InChI=1S/C22H14ClN3O3S/c23-13-6-3-5-12(11-13)19(27)17-18(16-9-4-10-30-16)26(21(29)20(17)28)22-24-14-7-1-2-8-15(14)25-22/h1-11,18,27H,(H,24,25)/b19-17+. The highest BCUT2D eigenvalue weighted by atomic mass is 35.5. The number of H-pyrrole nitrogens is 1. The Morgan fingerprint density at radius 3 is 2.67 bits per heavy atom. The lowest BCUT2D eigenvalue weighted by molar-refractivity contribution is -0.132. The Morgan fingerprint density at radius 1 is 1.10 bits per heavy atom. The third-order valence-corrected chi connectivity index (χ3v) is 6.12. The maximum Gasteiger partial charge on any atom is 0.302 e. The number of carbonyl (C=O) groups is 2. The second-order valence-electron chi connectivity index (χ2n) is 6.77. The lowest BCUT2D eigenvalue weighted by Crippen LogP contribution is -2.30. The van der Waals surface area contributed by atoms with Gasteiger partial charge in [0.25, 0.3) is 5.78 Å². The van der Waals surface area contributed by atoms with Crippen molar-refractivity contribution in [2.75, 3.05) is 4.90 Å². The minimum Gasteiger partial charge on any atom is -0.507 e. The summed E-state index contributed by atoms with van der Waals surface area (Å²) in [7, 11) is 0. The number of hydrogen-bond acceptors (Lipinski definition) is 5. The first kappa shape index (κ1) is 18.6. The molecule has 6 nitrogen and oxygen atoms in total. The van der Waals surface area contributed by atoms with Crippen LogP contribution in [0.25, 0.3) is 16.8 Å². The number of aliphatic hydroxyl groups excluding tert-OH is 1. The minimum absolute atomic E-state index is 0.00479. The summed E-state index contributed by atoms with van der Waals surface area (Å²) >= 11 is 7.45. The second-order valence-corrected chi connectivity index (χ2v) is 8.19. The van der Waals surface area contributed by atoms with Crippen LogP contribution < -0.4 is 4.90 Å². The SMILES string of the molecule is O=C1C(=O)N(c2nc3ccccc3[nH]2)C(c2cccs2)/C1=C(\O)c1cccc(Cl)c1. The Bertz CT molecular complexity index is 1290. The number of rotatable bonds is 3. The number of halogens is 1. The average Bonchev–Trinajstić information content (AvgIpc) is 3.46. The van der Waals surface area contributed by atoms with E-state index in [-0.39, 0.29) is 17.3 Å². The number of aromatic amines is 1. The van der Waals surface area contributed by atoms with Crippen LogP contribution >= 0.6 is 22.9 Å². The summed E-state index contributed by atoms with van der Waals surface area (Å²) in [6.07, 6.45) is 0. The van der Waals surface area contributed by atoms with Crippen molar-refractivity contribution < 1.29 is 14.7 Å². The van der Waals surface area contributed by atoms with Gasteiger partial charge in [-0.3, -0.25) is 14.5 Å². The fraction of sp³-hybridized carbons (Fsp3) is 0.0455. The van der Waals surface area contributed by atoms with E-state index in [0.29, 0.717) is 16.1 Å². The van der Waals surface area contributed by atoms with Crippen molar-refractivity contribution in [2.45, 2.75) is 6.04 Å². The number of para-hydroxylation sites is 2. The predicted molar refractivity (Wildman–Crippen MR) is 117 cm³/mol. The number of hydrogen-bond donors (Lipinski definition) is 2. The normalized spacial score (nSPS) is 18.4. The van der Waals surface area contributed by atoms with Crippen LogP contribution in [0, 0.1) is 0 Å². The number of fused-ring (bicyclic) bond motifs is 1. The Morgan fingerprint density at radius 2 is 1.93 bits per heavy atom. The van der Waals surface area contributed by atoms with E-state index < -0.39 is 17.7 Å². The highest BCUT2D eigenvalue weighted by molar-refractivity contribution is 7.10. The van der Waals surface area contributed by atoms with Crippen LogP contribution in [0.3, 0.4) is 0 Å². The van der Waals surface area contributed by atoms with Gasteiger partial charge in [-0.2, -0.15) is 0 Å². The van der Waals surface area contributed by atoms with E-state index in [4.69, 9.17) is 11.6 Å². The van der Waals surface area contributed by atoms with Gasteiger partial charge in [0.05, 0.1) is 16.6 Å². The molecule has 0 radical (unpaired) electrons. The fourth-order valence-corrected chi connectivity index (χ4v) is 4.63. The van der Waals surface area contributed by atoms with Gasteiger partial charge in [0.1, 0.15) is 11.8 Å². The molecule has 1 saturated heterocycles. The Balaban J connectivity index is 1.73. The van der Waals surface area contributed by atoms with Crippen LogP contribution in [0.4, 0.5) is 5.95 Å². The number of aliphatic hydroxyl groups is 1. The lowest BCUT2D eigenvalue weighted by atomic mass is 10.00. The topological polar surface area (TPSA) is 86.3 Å². The maximum atomic E-state index is 13.1. The van der Waals surface area contributed by atoms with Gasteiger partial charge in [-0.15, -0.1) is 11.3 Å². The van der Waals surface area contributed by atoms with Crippen molar-refractivity contribution in [3.05, 3.63) is 87.1 Å². The molecule has 1 amide bonds. The molecule has 1 atom stereocenters. The molecule has 1 aliphatic rings. The number of aromatic nitrogens is 2. The summed E-state index contributed by atoms with van der Waals surface area (Å²) in [5, 5.41) is 13.3. The molecule has 1 fully saturated rings. The minimum atomic E-state index is -0.801. The van der Waals surface area contributed by atoms with Crippen molar-refractivity contribution in [3.8, 4) is 0 Å². The van der Waals surface area contributed by atoms with E-state index in [0.717, 1.165) is 10.4 Å². The Labute approximate surface area is 180 Å². The number of benzene rings is 2. The molecule has 1 aliphatic heterocycles. The lowest BCUT2D eigenvalue weighted by Gasteiger charge is -2.21. The van der Waals surface area contributed by atoms with Gasteiger partial charge < -0.3 is 10.1 Å². The molecule has 0 spiro atoms. The first-order valence-corrected chi connectivity index (χ1v) is 10.4. The van der Waals surface area contributed by atoms with E-state index in [1.807, 2.05) is 41.8 Å². The number of imidazole rings is 1. The molecule has 2 aromatic heterocycles. The summed E-state index contributed by atoms with van der Waals surface area (Å²) in [5.41, 5.74) is 1.79. The maximum absolute atomic E-state index is 13.1. The average molecular weight is 436 g/mol. The number of amides is 1. The zero-order chi connectivity index (χ0) is 20.8. The number of carbonyl (C=O) groups excluding carboxylic acids is 2. The molecule has 8 heteroatoms. The first-order valence-electron chi connectivity index (χ1n) is 9.09. The summed E-state index contributed by atoms with van der Waals surface area (Å²) in [5.74, 6) is -1.54. The molecule has 0 bridgehead atoms. The van der Waals surface area contributed by atoms with Gasteiger partial charge in [-0.1, -0.05) is 41.9 Å². The van der Waals surface area contributed by atoms with E-state index in [1.165, 1.54) is 16.2 Å². The van der Waals surface area contributed by atoms with Gasteiger partial charge in [0.2, 0.25) is 5.95 Å². The van der Waals surface area contributed by atoms with Gasteiger partial charge in [0, 0.05) is 15.5 Å². The summed E-state index contributed by atoms with van der Waals surface area (Å²) in [6, 6.07) is 16.7.